The highest BCUT2D eigenvalue weighted by molar-refractivity contribution is 5.95. The molecular formula is C15H20F3N3O3. The van der Waals surface area contributed by atoms with Gasteiger partial charge in [-0.3, -0.25) is 4.79 Å². The summed E-state index contributed by atoms with van der Waals surface area (Å²) < 4.78 is 38.1. The van der Waals surface area contributed by atoms with E-state index in [4.69, 9.17) is 0 Å². The Kier molecular flexibility index (Phi) is 5.91. The van der Waals surface area contributed by atoms with Crippen LogP contribution in [0, 0.1) is 12.3 Å². The molecular weight excluding hydrogens is 327 g/mol. The van der Waals surface area contributed by atoms with Crippen molar-refractivity contribution >= 4 is 11.9 Å². The maximum absolute atomic E-state index is 12.7. The zero-order valence-electron chi connectivity index (χ0n) is 13.9. The molecule has 1 heterocycles. The fourth-order valence-corrected chi connectivity index (χ4v) is 1.88. The average Bonchev–Trinajstić information content (AvgIpc) is 2.40. The minimum atomic E-state index is -4.79. The lowest BCUT2D eigenvalue weighted by Crippen LogP contribution is -2.41. The van der Waals surface area contributed by atoms with Gasteiger partial charge >= 0.3 is 12.1 Å². The van der Waals surface area contributed by atoms with Crippen molar-refractivity contribution in [3.8, 4) is 0 Å². The first kappa shape index (κ1) is 19.9. The minimum absolute atomic E-state index is 0.0379. The van der Waals surface area contributed by atoms with Gasteiger partial charge in [-0.05, 0) is 31.2 Å². The van der Waals surface area contributed by atoms with Crippen LogP contribution in [-0.2, 0) is 11.0 Å². The molecule has 24 heavy (non-hydrogen) atoms. The molecule has 0 fully saturated rings. The van der Waals surface area contributed by atoms with Crippen LogP contribution in [0.3, 0.4) is 0 Å². The Morgan fingerprint density at radius 2 is 1.83 bits per heavy atom. The molecule has 0 aliphatic heterocycles. The monoisotopic (exact) mass is 347 g/mol. The lowest BCUT2D eigenvalue weighted by molar-refractivity contribution is -0.145. The van der Waals surface area contributed by atoms with Crippen LogP contribution in [0.5, 0.6) is 0 Å². The van der Waals surface area contributed by atoms with E-state index in [1.807, 2.05) is 20.8 Å². The molecule has 0 saturated heterocycles. The molecule has 1 amide bonds. The van der Waals surface area contributed by atoms with E-state index in [0.29, 0.717) is 6.42 Å². The zero-order valence-corrected chi connectivity index (χ0v) is 13.9. The molecule has 0 saturated carbocycles. The Hall–Kier alpha value is -2.19. The van der Waals surface area contributed by atoms with Gasteiger partial charge in [-0.2, -0.15) is 13.2 Å². The minimum Gasteiger partial charge on any atom is -0.480 e. The largest absolute Gasteiger partial charge is 0.480 e. The summed E-state index contributed by atoms with van der Waals surface area (Å²) in [7, 11) is 0. The maximum Gasteiger partial charge on any atom is 0.451 e. The number of amides is 1. The van der Waals surface area contributed by atoms with Crippen LogP contribution in [0.2, 0.25) is 0 Å². The smallest absolute Gasteiger partial charge is 0.451 e. The summed E-state index contributed by atoms with van der Waals surface area (Å²) in [6.07, 6.45) is -4.12. The van der Waals surface area contributed by atoms with Crippen molar-refractivity contribution in [2.75, 3.05) is 0 Å². The van der Waals surface area contributed by atoms with Crippen LogP contribution < -0.4 is 5.32 Å². The molecule has 0 aliphatic carbocycles. The summed E-state index contributed by atoms with van der Waals surface area (Å²) in [4.78, 5) is 29.8. The Labute approximate surface area is 137 Å². The number of aliphatic carboxylic acids is 1. The van der Waals surface area contributed by atoms with Gasteiger partial charge < -0.3 is 10.4 Å². The fraction of sp³-hybridized carbons (Fsp3) is 0.600. The Morgan fingerprint density at radius 1 is 1.25 bits per heavy atom. The molecule has 0 radical (unpaired) electrons. The van der Waals surface area contributed by atoms with Gasteiger partial charge in [0.2, 0.25) is 5.82 Å². The van der Waals surface area contributed by atoms with Gasteiger partial charge in [-0.1, -0.05) is 20.8 Å². The molecule has 0 spiro atoms. The summed E-state index contributed by atoms with van der Waals surface area (Å²) in [6, 6.07) is -0.130. The lowest BCUT2D eigenvalue weighted by atomic mass is 9.88. The third-order valence-corrected chi connectivity index (χ3v) is 3.13. The molecule has 134 valence electrons. The van der Waals surface area contributed by atoms with Gasteiger partial charge in [0.05, 0.1) is 0 Å². The second kappa shape index (κ2) is 7.14. The van der Waals surface area contributed by atoms with Crippen molar-refractivity contribution in [2.24, 2.45) is 5.41 Å². The highest BCUT2D eigenvalue weighted by Gasteiger charge is 2.36. The molecule has 0 aliphatic rings. The summed E-state index contributed by atoms with van der Waals surface area (Å²) in [5.41, 5.74) is -0.700. The van der Waals surface area contributed by atoms with Crippen molar-refractivity contribution in [3.63, 3.8) is 0 Å². The van der Waals surface area contributed by atoms with Gasteiger partial charge in [0.1, 0.15) is 11.7 Å². The summed E-state index contributed by atoms with van der Waals surface area (Å²) in [5, 5.41) is 11.4. The van der Waals surface area contributed by atoms with Crippen LogP contribution in [0.4, 0.5) is 13.2 Å². The van der Waals surface area contributed by atoms with E-state index in [1.165, 1.54) is 6.92 Å². The second-order valence-electron chi connectivity index (χ2n) is 6.68. The maximum atomic E-state index is 12.7. The van der Waals surface area contributed by atoms with Crippen molar-refractivity contribution in [2.45, 2.75) is 52.8 Å². The highest BCUT2D eigenvalue weighted by atomic mass is 19.4. The van der Waals surface area contributed by atoms with Gasteiger partial charge in [0.15, 0.2) is 0 Å². The SMILES string of the molecule is Cc1cc(C(=O)NC(CCC(C)(C)C)C(=O)O)nc(C(F)(F)F)n1. The first-order valence-corrected chi connectivity index (χ1v) is 7.26. The van der Waals surface area contributed by atoms with E-state index >= 15 is 0 Å². The van der Waals surface area contributed by atoms with Crippen molar-refractivity contribution < 1.29 is 27.9 Å². The molecule has 2 N–H and O–H groups in total. The number of hydrogen-bond acceptors (Lipinski definition) is 4. The molecule has 1 aromatic heterocycles. The number of carbonyl (C=O) groups excluding carboxylic acids is 1. The van der Waals surface area contributed by atoms with Gasteiger partial charge in [0.25, 0.3) is 5.91 Å². The topological polar surface area (TPSA) is 92.2 Å². The van der Waals surface area contributed by atoms with Crippen molar-refractivity contribution in [1.82, 2.24) is 15.3 Å². The number of carboxylic acids is 1. The van der Waals surface area contributed by atoms with E-state index in [-0.39, 0.29) is 17.5 Å². The zero-order chi connectivity index (χ0) is 18.7. The van der Waals surface area contributed by atoms with Gasteiger partial charge in [-0.25, -0.2) is 14.8 Å². The molecule has 1 unspecified atom stereocenters. The summed E-state index contributed by atoms with van der Waals surface area (Å²) >= 11 is 0. The molecule has 0 aromatic carbocycles. The number of carboxylic acid groups (broad SMARTS) is 1. The number of nitrogens with zero attached hydrogens (tertiary/aromatic N) is 2. The van der Waals surface area contributed by atoms with Crippen LogP contribution >= 0.6 is 0 Å². The normalized spacial score (nSPS) is 13.5. The van der Waals surface area contributed by atoms with Crippen molar-refractivity contribution in [3.05, 3.63) is 23.3 Å². The number of aromatic nitrogens is 2. The van der Waals surface area contributed by atoms with Gasteiger partial charge in [0, 0.05) is 5.69 Å². The van der Waals surface area contributed by atoms with E-state index in [0.717, 1.165) is 6.07 Å². The van der Waals surface area contributed by atoms with Gasteiger partial charge in [-0.15, -0.1) is 0 Å². The predicted octanol–water partition coefficient (Wildman–Crippen LogP) is 2.81. The number of hydrogen-bond donors (Lipinski definition) is 2. The number of alkyl halides is 3. The number of rotatable bonds is 5. The van der Waals surface area contributed by atoms with Crippen molar-refractivity contribution in [1.29, 1.82) is 0 Å². The average molecular weight is 347 g/mol. The van der Waals surface area contributed by atoms with Crippen LogP contribution in [-0.4, -0.2) is 33.0 Å². The third-order valence-electron chi connectivity index (χ3n) is 3.13. The van der Waals surface area contributed by atoms with Crippen LogP contribution in [0.15, 0.2) is 6.07 Å². The summed E-state index contributed by atoms with van der Waals surface area (Å²) in [5.74, 6) is -3.67. The molecule has 9 heteroatoms. The first-order valence-electron chi connectivity index (χ1n) is 7.26. The number of halogens is 3. The number of aryl methyl sites for hydroxylation is 1. The highest BCUT2D eigenvalue weighted by Crippen LogP contribution is 2.26. The van der Waals surface area contributed by atoms with E-state index in [9.17, 15) is 27.9 Å². The van der Waals surface area contributed by atoms with E-state index in [2.05, 4.69) is 15.3 Å². The Balaban J connectivity index is 2.96. The fourth-order valence-electron chi connectivity index (χ4n) is 1.88. The van der Waals surface area contributed by atoms with E-state index < -0.39 is 35.6 Å². The Morgan fingerprint density at radius 3 is 2.29 bits per heavy atom. The molecule has 1 aromatic rings. The molecule has 0 bridgehead atoms. The molecule has 6 nitrogen and oxygen atoms in total. The predicted molar refractivity (Wildman–Crippen MR) is 79.4 cm³/mol. The number of nitrogens with one attached hydrogen (secondary N) is 1. The standard InChI is InChI=1S/C15H20F3N3O3/c1-8-7-10(21-13(19-8)15(16,17)18)11(22)20-9(12(23)24)5-6-14(2,3)4/h7,9H,5-6H2,1-4H3,(H,20,22)(H,23,24). The molecule has 1 rings (SSSR count). The second-order valence-corrected chi connectivity index (χ2v) is 6.68. The van der Waals surface area contributed by atoms with Crippen LogP contribution in [0.25, 0.3) is 0 Å². The Bertz CT molecular complexity index is 625. The molecule has 1 atom stereocenters. The van der Waals surface area contributed by atoms with E-state index in [1.54, 1.807) is 0 Å². The van der Waals surface area contributed by atoms with Crippen LogP contribution in [0.1, 0.15) is 55.6 Å². The third kappa shape index (κ3) is 6.13. The summed E-state index contributed by atoms with van der Waals surface area (Å²) in [6.45, 7) is 7.04. The lowest BCUT2D eigenvalue weighted by Gasteiger charge is -2.21. The first-order chi connectivity index (χ1) is 10.8. The quantitative estimate of drug-likeness (QED) is 0.854. The number of carbonyl (C=O) groups is 2.